The van der Waals surface area contributed by atoms with E-state index in [1.807, 2.05) is 43.3 Å². The van der Waals surface area contributed by atoms with Gasteiger partial charge in [-0.05, 0) is 36.8 Å². The van der Waals surface area contributed by atoms with E-state index in [2.05, 4.69) is 10.6 Å². The lowest BCUT2D eigenvalue weighted by atomic mass is 10.1. The molecular formula is C23H22N2O4. The van der Waals surface area contributed by atoms with Crippen molar-refractivity contribution in [1.82, 2.24) is 10.6 Å². The van der Waals surface area contributed by atoms with E-state index in [0.29, 0.717) is 17.1 Å². The minimum atomic E-state index is -0.436. The summed E-state index contributed by atoms with van der Waals surface area (Å²) >= 11 is 0. The van der Waals surface area contributed by atoms with Gasteiger partial charge in [0.05, 0.1) is 13.4 Å². The summed E-state index contributed by atoms with van der Waals surface area (Å²) in [5.74, 6) is 0.327. The van der Waals surface area contributed by atoms with Crippen molar-refractivity contribution in [2.24, 2.45) is 0 Å². The number of carbonyl (C=O) groups is 2. The van der Waals surface area contributed by atoms with Gasteiger partial charge in [-0.25, -0.2) is 0 Å². The summed E-state index contributed by atoms with van der Waals surface area (Å²) in [7, 11) is 1.57. The molecule has 6 nitrogen and oxygen atoms in total. The quantitative estimate of drug-likeness (QED) is 0.603. The second kappa shape index (κ2) is 9.41. The average molecular weight is 390 g/mol. The highest BCUT2D eigenvalue weighted by molar-refractivity contribution is 6.05. The summed E-state index contributed by atoms with van der Waals surface area (Å²) in [4.78, 5) is 25.5. The van der Waals surface area contributed by atoms with Crippen molar-refractivity contribution in [1.29, 1.82) is 0 Å². The van der Waals surface area contributed by atoms with Gasteiger partial charge < -0.3 is 19.8 Å². The highest BCUT2D eigenvalue weighted by Gasteiger charge is 2.17. The van der Waals surface area contributed by atoms with E-state index in [4.69, 9.17) is 9.15 Å². The molecule has 0 saturated heterocycles. The third-order valence-corrected chi connectivity index (χ3v) is 4.34. The number of hydrogen-bond donors (Lipinski definition) is 2. The molecule has 0 fully saturated rings. The van der Waals surface area contributed by atoms with Crippen LogP contribution in [0.1, 0.15) is 27.2 Å². The van der Waals surface area contributed by atoms with Gasteiger partial charge >= 0.3 is 0 Å². The maximum Gasteiger partial charge on any atom is 0.268 e. The fourth-order valence-electron chi connectivity index (χ4n) is 2.81. The van der Waals surface area contributed by atoms with Crippen molar-refractivity contribution in [3.8, 4) is 5.75 Å². The number of carbonyl (C=O) groups excluding carboxylic acids is 2. The van der Waals surface area contributed by atoms with Crippen molar-refractivity contribution in [3.63, 3.8) is 0 Å². The summed E-state index contributed by atoms with van der Waals surface area (Å²) in [5, 5.41) is 5.51. The first-order valence-electron chi connectivity index (χ1n) is 9.10. The number of hydrogen-bond acceptors (Lipinski definition) is 4. The fraction of sp³-hybridized carbons (Fsp3) is 0.130. The molecule has 0 atom stereocenters. The maximum atomic E-state index is 12.8. The van der Waals surface area contributed by atoms with Crippen molar-refractivity contribution in [2.75, 3.05) is 7.11 Å². The van der Waals surface area contributed by atoms with Crippen LogP contribution in [0.5, 0.6) is 5.75 Å². The van der Waals surface area contributed by atoms with Crippen LogP contribution in [-0.2, 0) is 11.3 Å². The first-order valence-corrected chi connectivity index (χ1v) is 9.10. The molecule has 1 aromatic heterocycles. The zero-order chi connectivity index (χ0) is 20.6. The minimum absolute atomic E-state index is 0.0862. The topological polar surface area (TPSA) is 80.6 Å². The van der Waals surface area contributed by atoms with Gasteiger partial charge in [0, 0.05) is 23.7 Å². The predicted octanol–water partition coefficient (Wildman–Crippen LogP) is 3.68. The Morgan fingerprint density at radius 3 is 2.52 bits per heavy atom. The van der Waals surface area contributed by atoms with Crippen molar-refractivity contribution in [2.45, 2.75) is 13.5 Å². The number of amides is 2. The van der Waals surface area contributed by atoms with Gasteiger partial charge in [0.2, 0.25) is 0 Å². The Balaban J connectivity index is 1.79. The third kappa shape index (κ3) is 5.13. The zero-order valence-corrected chi connectivity index (χ0v) is 16.3. The van der Waals surface area contributed by atoms with Gasteiger partial charge in [-0.1, -0.05) is 36.4 Å². The number of para-hydroxylation sites is 1. The molecule has 2 aromatic carbocycles. The molecule has 6 heteroatoms. The number of furan rings is 1. The van der Waals surface area contributed by atoms with Crippen LogP contribution in [0.25, 0.3) is 6.08 Å². The molecular weight excluding hydrogens is 368 g/mol. The summed E-state index contributed by atoms with van der Waals surface area (Å²) in [5.41, 5.74) is 2.22. The predicted molar refractivity (Wildman–Crippen MR) is 110 cm³/mol. The number of rotatable bonds is 7. The lowest BCUT2D eigenvalue weighted by Gasteiger charge is -2.13. The number of aryl methyl sites for hydroxylation is 1. The number of nitrogens with one attached hydrogen (secondary N) is 2. The maximum absolute atomic E-state index is 12.8. The monoisotopic (exact) mass is 390 g/mol. The van der Waals surface area contributed by atoms with Crippen LogP contribution < -0.4 is 15.4 Å². The summed E-state index contributed by atoms with van der Waals surface area (Å²) in [6, 6.07) is 18.0. The molecule has 3 rings (SSSR count). The molecule has 1 heterocycles. The molecule has 2 amide bonds. The molecule has 0 aliphatic heterocycles. The van der Waals surface area contributed by atoms with Crippen LogP contribution in [0.3, 0.4) is 0 Å². The molecule has 3 aromatic rings. The standard InChI is InChI=1S/C23H22N2O4/c1-16-8-3-5-11-19(16)22(26)25-20(14-18-10-7-13-29-18)23(27)24-15-17-9-4-6-12-21(17)28-2/h3-14H,15H2,1-2H3,(H,24,27)(H,25,26)/b20-14-. The first kappa shape index (κ1) is 19.9. The van der Waals surface area contributed by atoms with E-state index in [-0.39, 0.29) is 18.1 Å². The molecule has 0 bridgehead atoms. The molecule has 0 spiro atoms. The van der Waals surface area contributed by atoms with Gasteiger partial charge in [-0.3, -0.25) is 9.59 Å². The molecule has 0 aliphatic rings. The molecule has 0 radical (unpaired) electrons. The van der Waals surface area contributed by atoms with Gasteiger partial charge in [0.1, 0.15) is 17.2 Å². The minimum Gasteiger partial charge on any atom is -0.496 e. The normalized spacial score (nSPS) is 11.0. The zero-order valence-electron chi connectivity index (χ0n) is 16.3. The Hall–Kier alpha value is -3.80. The summed E-state index contributed by atoms with van der Waals surface area (Å²) in [6.45, 7) is 2.09. The smallest absolute Gasteiger partial charge is 0.268 e. The molecule has 148 valence electrons. The second-order valence-corrected chi connectivity index (χ2v) is 6.34. The van der Waals surface area contributed by atoms with Crippen LogP contribution in [0, 0.1) is 6.92 Å². The molecule has 29 heavy (non-hydrogen) atoms. The molecule has 0 saturated carbocycles. The molecule has 0 unspecified atom stereocenters. The van der Waals surface area contributed by atoms with Crippen LogP contribution in [0.2, 0.25) is 0 Å². The second-order valence-electron chi connectivity index (χ2n) is 6.34. The molecule has 2 N–H and O–H groups in total. The van der Waals surface area contributed by atoms with Crippen LogP contribution in [0.15, 0.2) is 77.0 Å². The Morgan fingerprint density at radius 1 is 1.03 bits per heavy atom. The van der Waals surface area contributed by atoms with Crippen molar-refractivity contribution in [3.05, 3.63) is 95.1 Å². The van der Waals surface area contributed by atoms with Gasteiger partial charge in [0.25, 0.3) is 11.8 Å². The highest BCUT2D eigenvalue weighted by Crippen LogP contribution is 2.17. The van der Waals surface area contributed by atoms with Crippen molar-refractivity contribution < 1.29 is 18.7 Å². The van der Waals surface area contributed by atoms with E-state index >= 15 is 0 Å². The van der Waals surface area contributed by atoms with E-state index in [0.717, 1.165) is 11.1 Å². The Bertz CT molecular complexity index is 1020. The first-order chi connectivity index (χ1) is 14.1. The van der Waals surface area contributed by atoms with Gasteiger partial charge in [0.15, 0.2) is 0 Å². The third-order valence-electron chi connectivity index (χ3n) is 4.34. The summed E-state index contributed by atoms with van der Waals surface area (Å²) < 4.78 is 10.6. The Morgan fingerprint density at radius 2 is 1.79 bits per heavy atom. The fourth-order valence-corrected chi connectivity index (χ4v) is 2.81. The average Bonchev–Trinajstić information content (AvgIpc) is 3.25. The lowest BCUT2D eigenvalue weighted by Crippen LogP contribution is -2.34. The largest absolute Gasteiger partial charge is 0.496 e. The molecule has 0 aliphatic carbocycles. The van der Waals surface area contributed by atoms with Crippen LogP contribution in [-0.4, -0.2) is 18.9 Å². The van der Waals surface area contributed by atoms with E-state index < -0.39 is 5.91 Å². The van der Waals surface area contributed by atoms with E-state index in [1.54, 1.807) is 31.4 Å². The number of ether oxygens (including phenoxy) is 1. The van der Waals surface area contributed by atoms with Gasteiger partial charge in [-0.2, -0.15) is 0 Å². The lowest BCUT2D eigenvalue weighted by molar-refractivity contribution is -0.117. The van der Waals surface area contributed by atoms with Crippen LogP contribution >= 0.6 is 0 Å². The van der Waals surface area contributed by atoms with Gasteiger partial charge in [-0.15, -0.1) is 0 Å². The van der Waals surface area contributed by atoms with Crippen molar-refractivity contribution >= 4 is 17.9 Å². The van der Waals surface area contributed by atoms with Crippen LogP contribution in [0.4, 0.5) is 0 Å². The van der Waals surface area contributed by atoms with E-state index in [1.165, 1.54) is 12.3 Å². The van der Waals surface area contributed by atoms with E-state index in [9.17, 15) is 9.59 Å². The number of benzene rings is 2. The Kier molecular flexibility index (Phi) is 6.47. The SMILES string of the molecule is COc1ccccc1CNC(=O)/C(=C/c1ccco1)NC(=O)c1ccccc1C. The number of methoxy groups -OCH3 is 1. The Labute approximate surface area is 169 Å². The highest BCUT2D eigenvalue weighted by atomic mass is 16.5. The summed E-state index contributed by atoms with van der Waals surface area (Å²) in [6.07, 6.45) is 2.99.